The Bertz CT molecular complexity index is 159. The zero-order valence-corrected chi connectivity index (χ0v) is 7.29. The van der Waals surface area contributed by atoms with Gasteiger partial charge in [-0.3, -0.25) is 0 Å². The summed E-state index contributed by atoms with van der Waals surface area (Å²) in [4.78, 5) is 21.3. The van der Waals surface area contributed by atoms with Crippen LogP contribution in [-0.4, -0.2) is 25.8 Å². The normalized spacial score (nSPS) is 23.4. The highest BCUT2D eigenvalue weighted by Gasteiger charge is 2.34. The lowest BCUT2D eigenvalue weighted by Gasteiger charge is -2.30. The molecule has 68 valence electrons. The number of hydrogen-bond donors (Lipinski definition) is 0. The first kappa shape index (κ1) is 9.39. The first-order valence-corrected chi connectivity index (χ1v) is 4.22. The molecule has 0 saturated heterocycles. The average molecular weight is 170 g/mol. The summed E-state index contributed by atoms with van der Waals surface area (Å²) in [5, 5.41) is 0. The van der Waals surface area contributed by atoms with E-state index in [1.165, 1.54) is 0 Å². The largest absolute Gasteiger partial charge is 0.381 e. The molecule has 0 aromatic heterocycles. The number of hydrogen-bond acceptors (Lipinski definition) is 3. The number of carbonyl (C=O) groups is 2. The zero-order valence-electron chi connectivity index (χ0n) is 7.29. The van der Waals surface area contributed by atoms with Crippen molar-refractivity contribution in [3.63, 3.8) is 0 Å². The van der Waals surface area contributed by atoms with Crippen LogP contribution >= 0.6 is 0 Å². The maximum atomic E-state index is 10.6. The molecule has 0 unspecified atom stereocenters. The zero-order chi connectivity index (χ0) is 9.03. The summed E-state index contributed by atoms with van der Waals surface area (Å²) in [6.07, 6.45) is 4.70. The van der Waals surface area contributed by atoms with Crippen molar-refractivity contribution in [2.45, 2.75) is 31.8 Å². The smallest absolute Gasteiger partial charge is 0.133 e. The van der Waals surface area contributed by atoms with Crippen LogP contribution in [0.25, 0.3) is 0 Å². The molecule has 0 aliphatic heterocycles. The highest BCUT2D eigenvalue weighted by Crippen LogP contribution is 2.33. The molecule has 0 radical (unpaired) electrons. The van der Waals surface area contributed by atoms with Crippen molar-refractivity contribution < 1.29 is 14.3 Å². The van der Waals surface area contributed by atoms with Crippen LogP contribution in [0.5, 0.6) is 0 Å². The Morgan fingerprint density at radius 1 is 1.25 bits per heavy atom. The first-order chi connectivity index (χ1) is 5.76. The van der Waals surface area contributed by atoms with Crippen molar-refractivity contribution in [3.8, 4) is 0 Å². The van der Waals surface area contributed by atoms with Crippen molar-refractivity contribution in [3.05, 3.63) is 0 Å². The van der Waals surface area contributed by atoms with E-state index < -0.39 is 5.41 Å². The second kappa shape index (κ2) is 3.81. The molecule has 3 nitrogen and oxygen atoms in total. The monoisotopic (exact) mass is 170 g/mol. The van der Waals surface area contributed by atoms with E-state index >= 15 is 0 Å². The van der Waals surface area contributed by atoms with Gasteiger partial charge in [0.05, 0.1) is 11.5 Å². The van der Waals surface area contributed by atoms with E-state index in [1.807, 2.05) is 0 Å². The molecule has 0 aromatic rings. The standard InChI is InChI=1S/C9H14O3/c1-12-8-2-4-9(6-10,7-11)5-3-8/h6-8H,2-5H2,1H3. The molecule has 0 bridgehead atoms. The van der Waals surface area contributed by atoms with Gasteiger partial charge in [-0.05, 0) is 25.7 Å². The molecular formula is C9H14O3. The van der Waals surface area contributed by atoms with Crippen LogP contribution in [0.3, 0.4) is 0 Å². The van der Waals surface area contributed by atoms with Crippen LogP contribution in [0.4, 0.5) is 0 Å². The number of methoxy groups -OCH3 is 1. The lowest BCUT2D eigenvalue weighted by Crippen LogP contribution is -2.33. The number of rotatable bonds is 3. The summed E-state index contributed by atoms with van der Waals surface area (Å²) in [6.45, 7) is 0. The molecule has 0 spiro atoms. The van der Waals surface area contributed by atoms with Crippen LogP contribution in [0, 0.1) is 5.41 Å². The quantitative estimate of drug-likeness (QED) is 0.468. The topological polar surface area (TPSA) is 43.4 Å². The van der Waals surface area contributed by atoms with Gasteiger partial charge < -0.3 is 14.3 Å². The molecule has 1 saturated carbocycles. The van der Waals surface area contributed by atoms with Gasteiger partial charge in [0.2, 0.25) is 0 Å². The molecule has 0 amide bonds. The van der Waals surface area contributed by atoms with Crippen molar-refractivity contribution in [1.82, 2.24) is 0 Å². The van der Waals surface area contributed by atoms with Crippen molar-refractivity contribution in [2.24, 2.45) is 5.41 Å². The predicted octanol–water partition coefficient (Wildman–Crippen LogP) is 0.960. The van der Waals surface area contributed by atoms with Crippen molar-refractivity contribution >= 4 is 12.6 Å². The van der Waals surface area contributed by atoms with E-state index in [0.29, 0.717) is 12.8 Å². The molecule has 0 heterocycles. The summed E-state index contributed by atoms with van der Waals surface area (Å²) >= 11 is 0. The van der Waals surface area contributed by atoms with E-state index in [1.54, 1.807) is 7.11 Å². The highest BCUT2D eigenvalue weighted by molar-refractivity contribution is 5.83. The lowest BCUT2D eigenvalue weighted by atomic mass is 9.75. The van der Waals surface area contributed by atoms with Crippen LogP contribution in [0.1, 0.15) is 25.7 Å². The van der Waals surface area contributed by atoms with Gasteiger partial charge in [-0.1, -0.05) is 0 Å². The van der Waals surface area contributed by atoms with E-state index in [2.05, 4.69) is 0 Å². The van der Waals surface area contributed by atoms with Crippen molar-refractivity contribution in [1.29, 1.82) is 0 Å². The van der Waals surface area contributed by atoms with Gasteiger partial charge >= 0.3 is 0 Å². The van der Waals surface area contributed by atoms with E-state index in [9.17, 15) is 9.59 Å². The van der Waals surface area contributed by atoms with E-state index in [0.717, 1.165) is 25.4 Å². The Morgan fingerprint density at radius 2 is 1.75 bits per heavy atom. The second-order valence-corrected chi connectivity index (χ2v) is 3.40. The number of ether oxygens (including phenoxy) is 1. The molecule has 3 heteroatoms. The molecule has 0 aromatic carbocycles. The summed E-state index contributed by atoms with van der Waals surface area (Å²) < 4.78 is 5.14. The summed E-state index contributed by atoms with van der Waals surface area (Å²) in [6, 6.07) is 0. The third-order valence-electron chi connectivity index (χ3n) is 2.67. The van der Waals surface area contributed by atoms with Crippen LogP contribution < -0.4 is 0 Å². The maximum absolute atomic E-state index is 10.6. The first-order valence-electron chi connectivity index (χ1n) is 4.22. The fraction of sp³-hybridized carbons (Fsp3) is 0.778. The Kier molecular flexibility index (Phi) is 2.98. The predicted molar refractivity (Wildman–Crippen MR) is 43.8 cm³/mol. The third-order valence-corrected chi connectivity index (χ3v) is 2.67. The van der Waals surface area contributed by atoms with Gasteiger partial charge in [-0.25, -0.2) is 0 Å². The Balaban J connectivity index is 2.53. The average Bonchev–Trinajstić information content (AvgIpc) is 2.18. The SMILES string of the molecule is COC1CCC(C=O)(C=O)CC1. The summed E-state index contributed by atoms with van der Waals surface area (Å²) in [5.41, 5.74) is -0.699. The van der Waals surface area contributed by atoms with Crippen LogP contribution in [-0.2, 0) is 14.3 Å². The Labute approximate surface area is 72.1 Å². The van der Waals surface area contributed by atoms with Gasteiger partial charge in [0.25, 0.3) is 0 Å². The van der Waals surface area contributed by atoms with E-state index in [4.69, 9.17) is 4.74 Å². The Morgan fingerprint density at radius 3 is 2.08 bits per heavy atom. The number of carbonyl (C=O) groups excluding carboxylic acids is 2. The highest BCUT2D eigenvalue weighted by atomic mass is 16.5. The summed E-state index contributed by atoms with van der Waals surface area (Å²) in [7, 11) is 1.67. The minimum absolute atomic E-state index is 0.234. The van der Waals surface area contributed by atoms with E-state index in [-0.39, 0.29) is 6.10 Å². The maximum Gasteiger partial charge on any atom is 0.133 e. The fourth-order valence-electron chi connectivity index (χ4n) is 1.63. The van der Waals surface area contributed by atoms with Gasteiger partial charge in [0.1, 0.15) is 12.6 Å². The Hall–Kier alpha value is -0.700. The molecule has 1 aliphatic rings. The summed E-state index contributed by atoms with van der Waals surface area (Å²) in [5.74, 6) is 0. The minimum Gasteiger partial charge on any atom is -0.381 e. The molecule has 0 atom stereocenters. The van der Waals surface area contributed by atoms with Crippen molar-refractivity contribution in [2.75, 3.05) is 7.11 Å². The fourth-order valence-corrected chi connectivity index (χ4v) is 1.63. The second-order valence-electron chi connectivity index (χ2n) is 3.40. The molecule has 1 fully saturated rings. The lowest BCUT2D eigenvalue weighted by molar-refractivity contribution is -0.129. The third kappa shape index (κ3) is 1.72. The van der Waals surface area contributed by atoms with Gasteiger partial charge in [0, 0.05) is 7.11 Å². The molecule has 1 aliphatic carbocycles. The van der Waals surface area contributed by atoms with Gasteiger partial charge in [0.15, 0.2) is 0 Å². The minimum atomic E-state index is -0.699. The van der Waals surface area contributed by atoms with Crippen LogP contribution in [0.2, 0.25) is 0 Å². The molecule has 1 rings (SSSR count). The molecule has 12 heavy (non-hydrogen) atoms. The van der Waals surface area contributed by atoms with Gasteiger partial charge in [-0.15, -0.1) is 0 Å². The molecular weight excluding hydrogens is 156 g/mol. The number of aldehydes is 2. The van der Waals surface area contributed by atoms with Gasteiger partial charge in [-0.2, -0.15) is 0 Å². The molecule has 0 N–H and O–H groups in total. The van der Waals surface area contributed by atoms with Crippen LogP contribution in [0.15, 0.2) is 0 Å².